The lowest BCUT2D eigenvalue weighted by atomic mass is 10.1. The molecule has 0 bridgehead atoms. The first-order valence-corrected chi connectivity index (χ1v) is 6.21. The molecule has 2 heterocycles. The number of hydrogen-bond acceptors (Lipinski definition) is 3. The number of aromatic nitrogens is 2. The summed E-state index contributed by atoms with van der Waals surface area (Å²) in [6, 6.07) is 6.97. The summed E-state index contributed by atoms with van der Waals surface area (Å²) < 4.78 is 14.5. The van der Waals surface area contributed by atoms with Crippen molar-refractivity contribution in [3.8, 4) is 10.4 Å². The van der Waals surface area contributed by atoms with Crippen LogP contribution < -0.4 is 5.56 Å². The van der Waals surface area contributed by atoms with Gasteiger partial charge in [0.1, 0.15) is 10.5 Å². The van der Waals surface area contributed by atoms with Crippen molar-refractivity contribution in [2.24, 2.45) is 0 Å². The highest BCUT2D eigenvalue weighted by Crippen LogP contribution is 2.32. The Bertz CT molecular complexity index is 791. The first-order valence-electron chi connectivity index (χ1n) is 5.39. The highest BCUT2D eigenvalue weighted by molar-refractivity contribution is 7.22. The van der Waals surface area contributed by atoms with Gasteiger partial charge in [-0.25, -0.2) is 9.37 Å². The second-order valence-electron chi connectivity index (χ2n) is 3.99. The van der Waals surface area contributed by atoms with Gasteiger partial charge in [-0.05, 0) is 18.6 Å². The molecule has 0 aliphatic carbocycles. The summed E-state index contributed by atoms with van der Waals surface area (Å²) in [5, 5.41) is 0. The van der Waals surface area contributed by atoms with E-state index in [9.17, 15) is 9.18 Å². The van der Waals surface area contributed by atoms with Gasteiger partial charge in [0, 0.05) is 10.4 Å². The molecule has 3 aromatic rings. The number of nitrogens with zero attached hydrogens (tertiary/aromatic N) is 1. The van der Waals surface area contributed by atoms with Crippen LogP contribution in [0.25, 0.3) is 20.7 Å². The van der Waals surface area contributed by atoms with Gasteiger partial charge in [0.2, 0.25) is 0 Å². The maximum atomic E-state index is 14.0. The third-order valence-electron chi connectivity index (χ3n) is 2.78. The molecule has 3 rings (SSSR count). The molecule has 5 heteroatoms. The van der Waals surface area contributed by atoms with Gasteiger partial charge in [-0.1, -0.05) is 18.2 Å². The number of aryl methyl sites for hydroxylation is 1. The monoisotopic (exact) mass is 260 g/mol. The molecule has 0 amide bonds. The average Bonchev–Trinajstić information content (AvgIpc) is 2.78. The summed E-state index contributed by atoms with van der Waals surface area (Å²) in [7, 11) is 0. The van der Waals surface area contributed by atoms with Crippen LogP contribution in [0, 0.1) is 12.7 Å². The molecule has 0 aliphatic heterocycles. The lowest BCUT2D eigenvalue weighted by molar-refractivity contribution is 0.622. The van der Waals surface area contributed by atoms with Gasteiger partial charge in [0.15, 0.2) is 0 Å². The molecule has 0 atom stereocenters. The van der Waals surface area contributed by atoms with Gasteiger partial charge in [-0.2, -0.15) is 0 Å². The molecular formula is C13H9FN2OS. The maximum absolute atomic E-state index is 14.0. The largest absolute Gasteiger partial charge is 0.312 e. The van der Waals surface area contributed by atoms with Crippen LogP contribution in [0.1, 0.15) is 5.56 Å². The van der Waals surface area contributed by atoms with E-state index in [0.29, 0.717) is 21.3 Å². The standard InChI is InChI=1S/C13H9FN2OS/c1-7-3-2-4-8(11(7)14)10-5-9-12(18-10)13(17)16-6-15-9/h2-6H,1H3,(H,15,16,17). The Balaban J connectivity index is 2.29. The molecule has 90 valence electrons. The Kier molecular flexibility index (Phi) is 2.48. The Hall–Kier alpha value is -2.01. The molecule has 0 aliphatic rings. The molecule has 0 unspecified atom stereocenters. The molecule has 0 radical (unpaired) electrons. The SMILES string of the molecule is Cc1cccc(-c2cc3nc[nH]c(=O)c3s2)c1F. The number of H-pyrrole nitrogens is 1. The van der Waals surface area contributed by atoms with Gasteiger partial charge in [-0.15, -0.1) is 11.3 Å². The van der Waals surface area contributed by atoms with Gasteiger partial charge in [0.05, 0.1) is 11.8 Å². The van der Waals surface area contributed by atoms with Crippen molar-refractivity contribution in [1.82, 2.24) is 9.97 Å². The molecule has 0 spiro atoms. The Morgan fingerprint density at radius 1 is 1.39 bits per heavy atom. The van der Waals surface area contributed by atoms with Crippen molar-refractivity contribution < 1.29 is 4.39 Å². The second kappa shape index (κ2) is 4.03. The number of aromatic amines is 1. The van der Waals surface area contributed by atoms with E-state index in [0.717, 1.165) is 4.88 Å². The molecule has 18 heavy (non-hydrogen) atoms. The Labute approximate surface area is 106 Å². The van der Waals surface area contributed by atoms with Crippen LogP contribution in [0.4, 0.5) is 4.39 Å². The fourth-order valence-corrected chi connectivity index (χ4v) is 2.86. The van der Waals surface area contributed by atoms with E-state index in [1.165, 1.54) is 17.7 Å². The number of benzene rings is 1. The van der Waals surface area contributed by atoms with Crippen molar-refractivity contribution in [2.45, 2.75) is 6.92 Å². The lowest BCUT2D eigenvalue weighted by Crippen LogP contribution is -2.02. The summed E-state index contributed by atoms with van der Waals surface area (Å²) in [6.45, 7) is 1.72. The van der Waals surface area contributed by atoms with Gasteiger partial charge in [0.25, 0.3) is 5.56 Å². The first-order chi connectivity index (χ1) is 8.66. The Morgan fingerprint density at radius 3 is 3.00 bits per heavy atom. The number of thiophene rings is 1. The quantitative estimate of drug-likeness (QED) is 0.730. The summed E-state index contributed by atoms with van der Waals surface area (Å²) in [6.07, 6.45) is 1.35. The molecule has 0 saturated carbocycles. The summed E-state index contributed by atoms with van der Waals surface area (Å²) in [5.74, 6) is -0.250. The van der Waals surface area contributed by atoms with Crippen LogP contribution in [0.2, 0.25) is 0 Å². The number of rotatable bonds is 1. The highest BCUT2D eigenvalue weighted by atomic mass is 32.1. The summed E-state index contributed by atoms with van der Waals surface area (Å²) in [4.78, 5) is 18.9. The third-order valence-corrected chi connectivity index (χ3v) is 3.93. The van der Waals surface area contributed by atoms with Gasteiger partial charge < -0.3 is 4.98 Å². The fourth-order valence-electron chi connectivity index (χ4n) is 1.84. The van der Waals surface area contributed by atoms with Crippen molar-refractivity contribution in [3.05, 3.63) is 52.3 Å². The average molecular weight is 260 g/mol. The van der Waals surface area contributed by atoms with E-state index in [-0.39, 0.29) is 11.4 Å². The second-order valence-corrected chi connectivity index (χ2v) is 5.05. The van der Waals surface area contributed by atoms with Crippen molar-refractivity contribution in [2.75, 3.05) is 0 Å². The van der Waals surface area contributed by atoms with E-state index in [2.05, 4.69) is 9.97 Å². The number of hydrogen-bond donors (Lipinski definition) is 1. The van der Waals surface area contributed by atoms with Crippen molar-refractivity contribution in [1.29, 1.82) is 0 Å². The third kappa shape index (κ3) is 1.64. The zero-order valence-corrected chi connectivity index (χ0v) is 10.3. The van der Waals surface area contributed by atoms with E-state index in [1.807, 2.05) is 0 Å². The minimum absolute atomic E-state index is 0.190. The van der Waals surface area contributed by atoms with E-state index < -0.39 is 0 Å². The molecule has 1 N–H and O–H groups in total. The molecule has 0 saturated heterocycles. The number of fused-ring (bicyclic) bond motifs is 1. The molecule has 2 aromatic heterocycles. The van der Waals surface area contributed by atoms with Crippen LogP contribution in [0.5, 0.6) is 0 Å². The summed E-state index contributed by atoms with van der Waals surface area (Å²) in [5.41, 5.74) is 1.51. The van der Waals surface area contributed by atoms with Crippen molar-refractivity contribution in [3.63, 3.8) is 0 Å². The predicted molar refractivity (Wildman–Crippen MR) is 70.4 cm³/mol. The predicted octanol–water partition coefficient (Wildman–Crippen LogP) is 3.10. The van der Waals surface area contributed by atoms with Crippen LogP contribution in [-0.2, 0) is 0 Å². The zero-order valence-electron chi connectivity index (χ0n) is 9.53. The van der Waals surface area contributed by atoms with Gasteiger partial charge >= 0.3 is 0 Å². The minimum atomic E-state index is -0.250. The summed E-state index contributed by atoms with van der Waals surface area (Å²) >= 11 is 1.25. The topological polar surface area (TPSA) is 45.8 Å². The molecular weight excluding hydrogens is 251 g/mol. The molecule has 1 aromatic carbocycles. The van der Waals surface area contributed by atoms with Crippen LogP contribution >= 0.6 is 11.3 Å². The zero-order chi connectivity index (χ0) is 12.7. The fraction of sp³-hybridized carbons (Fsp3) is 0.0769. The first kappa shape index (κ1) is 11.1. The smallest absolute Gasteiger partial charge is 0.268 e. The molecule has 0 fully saturated rings. The van der Waals surface area contributed by atoms with Crippen LogP contribution in [0.3, 0.4) is 0 Å². The normalized spacial score (nSPS) is 11.0. The van der Waals surface area contributed by atoms with Crippen molar-refractivity contribution >= 4 is 21.6 Å². The number of halogens is 1. The van der Waals surface area contributed by atoms with E-state index in [1.54, 1.807) is 31.2 Å². The van der Waals surface area contributed by atoms with Crippen LogP contribution in [0.15, 0.2) is 35.4 Å². The van der Waals surface area contributed by atoms with Crippen LogP contribution in [-0.4, -0.2) is 9.97 Å². The minimum Gasteiger partial charge on any atom is -0.312 e. The Morgan fingerprint density at radius 2 is 2.22 bits per heavy atom. The van der Waals surface area contributed by atoms with E-state index >= 15 is 0 Å². The number of nitrogens with one attached hydrogen (secondary N) is 1. The highest BCUT2D eigenvalue weighted by Gasteiger charge is 2.12. The van der Waals surface area contributed by atoms with E-state index in [4.69, 9.17) is 0 Å². The lowest BCUT2D eigenvalue weighted by Gasteiger charge is -2.01. The van der Waals surface area contributed by atoms with Gasteiger partial charge in [-0.3, -0.25) is 4.79 Å². The maximum Gasteiger partial charge on any atom is 0.268 e. The molecule has 3 nitrogen and oxygen atoms in total.